The number of ether oxygens (including phenoxy) is 1. The average Bonchev–Trinajstić information content (AvgIpc) is 3.32. The van der Waals surface area contributed by atoms with Gasteiger partial charge in [0.1, 0.15) is 11.6 Å². The van der Waals surface area contributed by atoms with Gasteiger partial charge in [0.25, 0.3) is 0 Å². The van der Waals surface area contributed by atoms with Crippen LogP contribution in [0.2, 0.25) is 0 Å². The Labute approximate surface area is 149 Å². The summed E-state index contributed by atoms with van der Waals surface area (Å²) in [5, 5.41) is 6.88. The van der Waals surface area contributed by atoms with Gasteiger partial charge in [-0.1, -0.05) is 23.4 Å². The van der Waals surface area contributed by atoms with Crippen LogP contribution in [0.15, 0.2) is 59.1 Å². The minimum absolute atomic E-state index is 0.200. The van der Waals surface area contributed by atoms with Crippen molar-refractivity contribution in [2.24, 2.45) is 0 Å². The number of hydrogen-bond acceptors (Lipinski definition) is 4. The molecular weight excluding hydrogens is 335 g/mol. The van der Waals surface area contributed by atoms with Gasteiger partial charge in [-0.05, 0) is 43.2 Å². The monoisotopic (exact) mass is 352 g/mol. The average molecular weight is 352 g/mol. The number of nitrogens with zero attached hydrogens (tertiary/aromatic N) is 1. The zero-order valence-corrected chi connectivity index (χ0v) is 14.2. The molecule has 0 unspecified atom stereocenters. The number of carbonyl (C=O) groups is 1. The molecule has 0 spiro atoms. The van der Waals surface area contributed by atoms with E-state index in [4.69, 9.17) is 9.26 Å². The molecule has 0 saturated heterocycles. The number of nitrogens with one attached hydrogen (secondary N) is 1. The first-order valence-electron chi connectivity index (χ1n) is 8.29. The lowest BCUT2D eigenvalue weighted by atomic mass is 10.00. The molecular formula is C20H17FN2O3. The molecule has 1 amide bonds. The van der Waals surface area contributed by atoms with E-state index >= 15 is 0 Å². The number of methoxy groups -OCH3 is 1. The lowest BCUT2D eigenvalue weighted by Gasteiger charge is -2.12. The SMILES string of the molecule is COc1cccc(-c2cc(C3(C(=O)Nc4cccc(F)c4)CC3)no2)c1. The van der Waals surface area contributed by atoms with Crippen molar-refractivity contribution in [3.8, 4) is 17.1 Å². The first-order valence-corrected chi connectivity index (χ1v) is 8.29. The van der Waals surface area contributed by atoms with E-state index in [1.807, 2.05) is 24.3 Å². The van der Waals surface area contributed by atoms with Crippen molar-refractivity contribution in [2.45, 2.75) is 18.3 Å². The predicted octanol–water partition coefficient (Wildman–Crippen LogP) is 4.16. The Hall–Kier alpha value is -3.15. The maximum atomic E-state index is 13.3. The number of carbonyl (C=O) groups excluding carboxylic acids is 1. The van der Waals surface area contributed by atoms with Crippen LogP contribution in [0.5, 0.6) is 5.75 Å². The number of halogens is 1. The quantitative estimate of drug-likeness (QED) is 0.749. The molecule has 1 aliphatic rings. The molecule has 6 heteroatoms. The Kier molecular flexibility index (Phi) is 3.95. The molecule has 5 nitrogen and oxygen atoms in total. The molecule has 1 heterocycles. The summed E-state index contributed by atoms with van der Waals surface area (Å²) in [6.45, 7) is 0. The molecule has 0 bridgehead atoms. The van der Waals surface area contributed by atoms with Crippen LogP contribution in [0.4, 0.5) is 10.1 Å². The van der Waals surface area contributed by atoms with E-state index in [1.54, 1.807) is 25.3 Å². The first-order chi connectivity index (χ1) is 12.6. The van der Waals surface area contributed by atoms with Crippen molar-refractivity contribution in [3.05, 3.63) is 66.1 Å². The molecule has 4 rings (SSSR count). The Morgan fingerprint density at radius 2 is 2.00 bits per heavy atom. The number of anilines is 1. The van der Waals surface area contributed by atoms with Gasteiger partial charge < -0.3 is 14.6 Å². The molecule has 1 aromatic heterocycles. The summed E-state index contributed by atoms with van der Waals surface area (Å²) < 4.78 is 24.0. The van der Waals surface area contributed by atoms with E-state index in [9.17, 15) is 9.18 Å². The van der Waals surface area contributed by atoms with Gasteiger partial charge in [0.15, 0.2) is 5.76 Å². The maximum Gasteiger partial charge on any atom is 0.236 e. The Bertz CT molecular complexity index is 963. The number of hydrogen-bond donors (Lipinski definition) is 1. The van der Waals surface area contributed by atoms with E-state index in [1.165, 1.54) is 12.1 Å². The maximum absolute atomic E-state index is 13.3. The summed E-state index contributed by atoms with van der Waals surface area (Å²) in [6.07, 6.45) is 1.36. The highest BCUT2D eigenvalue weighted by Crippen LogP contribution is 2.49. The molecule has 1 aliphatic carbocycles. The van der Waals surface area contributed by atoms with Gasteiger partial charge in [-0.25, -0.2) is 4.39 Å². The van der Waals surface area contributed by atoms with Crippen LogP contribution in [0.25, 0.3) is 11.3 Å². The van der Waals surface area contributed by atoms with Crippen molar-refractivity contribution in [3.63, 3.8) is 0 Å². The van der Waals surface area contributed by atoms with Crippen LogP contribution < -0.4 is 10.1 Å². The molecule has 1 fully saturated rings. The molecule has 3 aromatic rings. The Balaban J connectivity index is 1.57. The van der Waals surface area contributed by atoms with Crippen molar-refractivity contribution in [1.82, 2.24) is 5.16 Å². The zero-order chi connectivity index (χ0) is 18.1. The minimum Gasteiger partial charge on any atom is -0.497 e. The first kappa shape index (κ1) is 16.3. The van der Waals surface area contributed by atoms with E-state index in [-0.39, 0.29) is 5.91 Å². The normalized spacial score (nSPS) is 14.7. The fourth-order valence-electron chi connectivity index (χ4n) is 2.95. The topological polar surface area (TPSA) is 64.4 Å². The van der Waals surface area contributed by atoms with Crippen molar-refractivity contribution >= 4 is 11.6 Å². The van der Waals surface area contributed by atoms with Crippen molar-refractivity contribution < 1.29 is 18.4 Å². The van der Waals surface area contributed by atoms with Gasteiger partial charge >= 0.3 is 0 Å². The number of amides is 1. The van der Waals surface area contributed by atoms with Crippen LogP contribution in [-0.4, -0.2) is 18.2 Å². The van der Waals surface area contributed by atoms with Crippen molar-refractivity contribution in [1.29, 1.82) is 0 Å². The predicted molar refractivity (Wildman–Crippen MR) is 94.4 cm³/mol. The van der Waals surface area contributed by atoms with Gasteiger partial charge in [-0.3, -0.25) is 4.79 Å². The molecule has 2 aromatic carbocycles. The van der Waals surface area contributed by atoms with E-state index in [2.05, 4.69) is 10.5 Å². The van der Waals surface area contributed by atoms with Crippen molar-refractivity contribution in [2.75, 3.05) is 12.4 Å². The summed E-state index contributed by atoms with van der Waals surface area (Å²) in [6, 6.07) is 15.1. The number of rotatable bonds is 5. The largest absolute Gasteiger partial charge is 0.497 e. The molecule has 0 atom stereocenters. The van der Waals surface area contributed by atoms with Gasteiger partial charge in [-0.15, -0.1) is 0 Å². The Morgan fingerprint density at radius 1 is 1.19 bits per heavy atom. The van der Waals surface area contributed by atoms with Crippen LogP contribution in [0, 0.1) is 5.82 Å². The molecule has 26 heavy (non-hydrogen) atoms. The van der Waals surface area contributed by atoms with E-state index < -0.39 is 11.2 Å². The highest BCUT2D eigenvalue weighted by Gasteiger charge is 2.53. The Morgan fingerprint density at radius 3 is 2.73 bits per heavy atom. The van der Waals surface area contributed by atoms with Crippen LogP contribution in [-0.2, 0) is 10.2 Å². The fourth-order valence-corrected chi connectivity index (χ4v) is 2.95. The number of benzene rings is 2. The third kappa shape index (κ3) is 2.94. The summed E-state index contributed by atoms with van der Waals surface area (Å²) in [4.78, 5) is 12.7. The highest BCUT2D eigenvalue weighted by atomic mass is 19.1. The van der Waals surface area contributed by atoms with Crippen LogP contribution >= 0.6 is 0 Å². The minimum atomic E-state index is -0.715. The van der Waals surface area contributed by atoms with Gasteiger partial charge in [0.05, 0.1) is 18.2 Å². The zero-order valence-electron chi connectivity index (χ0n) is 14.2. The molecule has 132 valence electrons. The highest BCUT2D eigenvalue weighted by molar-refractivity contribution is 6.01. The second-order valence-electron chi connectivity index (χ2n) is 6.35. The molecule has 1 N–H and O–H groups in total. The lowest BCUT2D eigenvalue weighted by molar-refractivity contribution is -0.118. The third-order valence-electron chi connectivity index (χ3n) is 4.62. The molecule has 0 aliphatic heterocycles. The van der Waals surface area contributed by atoms with Crippen LogP contribution in [0.3, 0.4) is 0 Å². The molecule has 0 radical (unpaired) electrons. The standard InChI is InChI=1S/C20H17FN2O3/c1-25-16-7-2-4-13(10-16)17-12-18(23-26-17)20(8-9-20)19(24)22-15-6-3-5-14(21)11-15/h2-7,10-12H,8-9H2,1H3,(H,22,24). The summed E-state index contributed by atoms with van der Waals surface area (Å²) >= 11 is 0. The summed E-state index contributed by atoms with van der Waals surface area (Å²) in [7, 11) is 1.60. The number of aromatic nitrogens is 1. The lowest BCUT2D eigenvalue weighted by Crippen LogP contribution is -2.28. The third-order valence-corrected chi connectivity index (χ3v) is 4.62. The van der Waals surface area contributed by atoms with E-state index in [0.717, 1.165) is 5.56 Å². The second-order valence-corrected chi connectivity index (χ2v) is 6.35. The van der Waals surface area contributed by atoms with E-state index in [0.29, 0.717) is 35.7 Å². The smallest absolute Gasteiger partial charge is 0.236 e. The summed E-state index contributed by atoms with van der Waals surface area (Å²) in [5.74, 6) is 0.692. The van der Waals surface area contributed by atoms with Crippen LogP contribution in [0.1, 0.15) is 18.5 Å². The second kappa shape index (κ2) is 6.29. The fraction of sp³-hybridized carbons (Fsp3) is 0.200. The summed E-state index contributed by atoms with van der Waals surface area (Å²) in [5.41, 5.74) is 1.12. The van der Waals surface area contributed by atoms with Gasteiger partial charge in [-0.2, -0.15) is 0 Å². The van der Waals surface area contributed by atoms with Gasteiger partial charge in [0.2, 0.25) is 5.91 Å². The van der Waals surface area contributed by atoms with Gasteiger partial charge in [0, 0.05) is 17.3 Å². The molecule has 1 saturated carbocycles.